The maximum Gasteiger partial charge on any atom is 0.337 e. The minimum Gasteiger partial charge on any atom is -0.296 e. The first-order chi connectivity index (χ1) is 28.1. The Morgan fingerprint density at radius 1 is 0.534 bits per heavy atom. The van der Waals surface area contributed by atoms with Gasteiger partial charge in [-0.15, -0.1) is 0 Å². The van der Waals surface area contributed by atoms with Gasteiger partial charge < -0.3 is 0 Å². The van der Waals surface area contributed by atoms with E-state index in [0.717, 1.165) is 32.2 Å². The summed E-state index contributed by atoms with van der Waals surface area (Å²) in [6.45, 7) is 2.00. The highest BCUT2D eigenvalue weighted by Crippen LogP contribution is 2.22. The van der Waals surface area contributed by atoms with E-state index >= 15 is 0 Å². The standard InChI is InChI=1S/C25H19ClN2O2.C22H14ClN3O2/c1-3-19-10-7-11-20-23(19)27(2)25(30)28(24(20)29)22-15-14-18(16-21(22)26)13-12-17-8-5-4-6-9-17;1-25-20-17(8-5-13-24-20)21(27)26(22(25)28)19-12-11-16(14-18(19)23)10-9-15-6-3-2-4-7-15/h4-11,14-16H,3H2,1-2H3;2-8,11-14H,1H3. The highest BCUT2D eigenvalue weighted by molar-refractivity contribution is 6.32. The van der Waals surface area contributed by atoms with Gasteiger partial charge in [-0.1, -0.05) is 102 Å². The van der Waals surface area contributed by atoms with Gasteiger partial charge in [0.25, 0.3) is 11.1 Å². The van der Waals surface area contributed by atoms with Crippen LogP contribution in [0.2, 0.25) is 10.0 Å². The lowest BCUT2D eigenvalue weighted by Crippen LogP contribution is -2.38. The van der Waals surface area contributed by atoms with Crippen LogP contribution < -0.4 is 22.5 Å². The van der Waals surface area contributed by atoms with Gasteiger partial charge in [-0.3, -0.25) is 18.7 Å². The van der Waals surface area contributed by atoms with E-state index in [1.165, 1.54) is 9.13 Å². The second kappa shape index (κ2) is 16.9. The first-order valence-electron chi connectivity index (χ1n) is 18.1. The summed E-state index contributed by atoms with van der Waals surface area (Å²) in [5, 5.41) is 1.39. The van der Waals surface area contributed by atoms with Crippen molar-refractivity contribution in [1.82, 2.24) is 23.3 Å². The summed E-state index contributed by atoms with van der Waals surface area (Å²) in [5.41, 5.74) is 3.97. The van der Waals surface area contributed by atoms with Crippen LogP contribution in [0.25, 0.3) is 33.3 Å². The van der Waals surface area contributed by atoms with Crippen LogP contribution in [0.4, 0.5) is 0 Å². The van der Waals surface area contributed by atoms with Crippen molar-refractivity contribution in [2.24, 2.45) is 14.1 Å². The highest BCUT2D eigenvalue weighted by Gasteiger charge is 2.17. The monoisotopic (exact) mass is 801 g/mol. The van der Waals surface area contributed by atoms with Gasteiger partial charge in [0.15, 0.2) is 0 Å². The Hall–Kier alpha value is -7.17. The van der Waals surface area contributed by atoms with Crippen LogP contribution in [-0.2, 0) is 20.5 Å². The molecule has 0 aliphatic carbocycles. The molecule has 0 saturated carbocycles. The largest absolute Gasteiger partial charge is 0.337 e. The van der Waals surface area contributed by atoms with Gasteiger partial charge in [0, 0.05) is 42.5 Å². The molecule has 0 fully saturated rings. The normalized spacial score (nSPS) is 10.6. The molecule has 3 heterocycles. The van der Waals surface area contributed by atoms with Gasteiger partial charge in [-0.05, 0) is 90.8 Å². The Bertz CT molecular complexity index is 3260. The fourth-order valence-electron chi connectivity index (χ4n) is 6.47. The van der Waals surface area contributed by atoms with Crippen LogP contribution in [0.1, 0.15) is 34.7 Å². The fraction of sp³-hybridized carbons (Fsp3) is 0.0851. The molecule has 11 heteroatoms. The summed E-state index contributed by atoms with van der Waals surface area (Å²) in [5.74, 6) is 12.2. The van der Waals surface area contributed by atoms with E-state index in [1.807, 2.05) is 79.7 Å². The van der Waals surface area contributed by atoms with Crippen LogP contribution in [0.3, 0.4) is 0 Å². The van der Waals surface area contributed by atoms with E-state index in [0.29, 0.717) is 49.5 Å². The lowest BCUT2D eigenvalue weighted by Gasteiger charge is -2.14. The van der Waals surface area contributed by atoms with E-state index in [2.05, 4.69) is 28.7 Å². The van der Waals surface area contributed by atoms with Gasteiger partial charge in [-0.25, -0.2) is 23.7 Å². The van der Waals surface area contributed by atoms with Crippen LogP contribution in [0.5, 0.6) is 0 Å². The molecular formula is C47H33Cl2N5O4. The molecule has 8 rings (SSSR count). The van der Waals surface area contributed by atoms with Crippen molar-refractivity contribution >= 4 is 45.1 Å². The quantitative estimate of drug-likeness (QED) is 0.173. The van der Waals surface area contributed by atoms with E-state index < -0.39 is 16.9 Å². The number of pyridine rings is 1. The molecule has 5 aromatic carbocycles. The number of rotatable bonds is 3. The number of para-hydroxylation sites is 1. The molecule has 0 radical (unpaired) electrons. The molecular weight excluding hydrogens is 769 g/mol. The first-order valence-corrected chi connectivity index (χ1v) is 18.9. The molecule has 0 spiro atoms. The van der Waals surface area contributed by atoms with Crippen molar-refractivity contribution in [3.63, 3.8) is 0 Å². The van der Waals surface area contributed by atoms with Crippen LogP contribution in [0.15, 0.2) is 153 Å². The molecule has 0 aliphatic rings. The summed E-state index contributed by atoms with van der Waals surface area (Å²) >= 11 is 12.9. The lowest BCUT2D eigenvalue weighted by molar-refractivity contribution is 0.765. The summed E-state index contributed by atoms with van der Waals surface area (Å²) in [6.07, 6.45) is 2.27. The molecule has 0 atom stereocenters. The summed E-state index contributed by atoms with van der Waals surface area (Å²) < 4.78 is 5.02. The van der Waals surface area contributed by atoms with Gasteiger partial charge in [0.2, 0.25) is 0 Å². The molecule has 3 aromatic heterocycles. The molecule has 9 nitrogen and oxygen atoms in total. The number of hydrogen-bond acceptors (Lipinski definition) is 5. The molecule has 284 valence electrons. The van der Waals surface area contributed by atoms with E-state index in [9.17, 15) is 19.2 Å². The highest BCUT2D eigenvalue weighted by atomic mass is 35.5. The van der Waals surface area contributed by atoms with Crippen molar-refractivity contribution in [2.75, 3.05) is 0 Å². The third-order valence-electron chi connectivity index (χ3n) is 9.39. The molecule has 58 heavy (non-hydrogen) atoms. The summed E-state index contributed by atoms with van der Waals surface area (Å²) in [4.78, 5) is 56.0. The second-order valence-electron chi connectivity index (χ2n) is 13.1. The number of aromatic nitrogens is 5. The number of fused-ring (bicyclic) bond motifs is 2. The Kier molecular flexibility index (Phi) is 11.4. The molecule has 0 N–H and O–H groups in total. The van der Waals surface area contributed by atoms with Gasteiger partial charge in [-0.2, -0.15) is 0 Å². The number of aryl methyl sites for hydroxylation is 3. The van der Waals surface area contributed by atoms with Crippen molar-refractivity contribution in [2.45, 2.75) is 13.3 Å². The van der Waals surface area contributed by atoms with Gasteiger partial charge in [0.1, 0.15) is 5.65 Å². The zero-order chi connectivity index (χ0) is 40.9. The van der Waals surface area contributed by atoms with Crippen LogP contribution in [0, 0.1) is 23.7 Å². The van der Waals surface area contributed by atoms with E-state index in [-0.39, 0.29) is 10.6 Å². The fourth-order valence-corrected chi connectivity index (χ4v) is 7.00. The minimum atomic E-state index is -0.513. The number of hydrogen-bond donors (Lipinski definition) is 0. The third-order valence-corrected chi connectivity index (χ3v) is 10.00. The smallest absolute Gasteiger partial charge is 0.296 e. The van der Waals surface area contributed by atoms with Crippen molar-refractivity contribution in [3.8, 4) is 35.1 Å². The number of halogens is 2. The number of benzene rings is 5. The molecule has 8 aromatic rings. The van der Waals surface area contributed by atoms with Crippen molar-refractivity contribution in [3.05, 3.63) is 213 Å². The Morgan fingerprint density at radius 3 is 1.53 bits per heavy atom. The lowest BCUT2D eigenvalue weighted by atomic mass is 10.1. The van der Waals surface area contributed by atoms with Crippen molar-refractivity contribution in [1.29, 1.82) is 0 Å². The average Bonchev–Trinajstić information content (AvgIpc) is 3.25. The zero-order valence-electron chi connectivity index (χ0n) is 31.5. The molecule has 0 amide bonds. The van der Waals surface area contributed by atoms with Crippen LogP contribution in [-0.4, -0.2) is 23.3 Å². The van der Waals surface area contributed by atoms with Gasteiger partial charge >= 0.3 is 11.4 Å². The molecule has 0 aliphatic heterocycles. The maximum atomic E-state index is 13.2. The maximum absolute atomic E-state index is 13.2. The van der Waals surface area contributed by atoms with Crippen LogP contribution >= 0.6 is 23.2 Å². The Morgan fingerprint density at radius 2 is 1.02 bits per heavy atom. The molecule has 0 saturated heterocycles. The summed E-state index contributed by atoms with van der Waals surface area (Å²) in [6, 6.07) is 38.1. The summed E-state index contributed by atoms with van der Waals surface area (Å²) in [7, 11) is 3.24. The Labute approximate surface area is 342 Å². The zero-order valence-corrected chi connectivity index (χ0v) is 33.0. The first kappa shape index (κ1) is 39.1. The van der Waals surface area contributed by atoms with E-state index in [4.69, 9.17) is 23.2 Å². The van der Waals surface area contributed by atoms with Crippen molar-refractivity contribution < 1.29 is 0 Å². The number of nitrogens with zero attached hydrogens (tertiary/aromatic N) is 5. The third kappa shape index (κ3) is 7.78. The average molecular weight is 803 g/mol. The predicted octanol–water partition coefficient (Wildman–Crippen LogP) is 7.44. The topological polar surface area (TPSA) is 101 Å². The SMILES string of the molecule is CCc1cccc2c(=O)n(-c3ccc(C#Cc4ccccc4)cc3Cl)c(=O)n(C)c12.Cn1c(=O)n(-c2ccc(C#Cc3ccccc3)cc2Cl)c(=O)c2cccnc21. The molecule has 0 unspecified atom stereocenters. The molecule has 0 bridgehead atoms. The van der Waals surface area contributed by atoms with E-state index in [1.54, 1.807) is 74.9 Å². The minimum absolute atomic E-state index is 0.266. The van der Waals surface area contributed by atoms with Gasteiger partial charge in [0.05, 0.1) is 37.7 Å². The predicted molar refractivity (Wildman–Crippen MR) is 232 cm³/mol. The second-order valence-corrected chi connectivity index (χ2v) is 13.9. The Balaban J connectivity index is 0.000000177.